The molecule has 0 saturated heterocycles. The van der Waals surface area contributed by atoms with Gasteiger partial charge in [-0.05, 0) is 25.0 Å². The van der Waals surface area contributed by atoms with E-state index in [1.54, 1.807) is 0 Å². The first kappa shape index (κ1) is 18.1. The van der Waals surface area contributed by atoms with E-state index in [0.29, 0.717) is 6.42 Å². The molecule has 0 radical (unpaired) electrons. The second kappa shape index (κ2) is 6.32. The Morgan fingerprint density at radius 1 is 1.30 bits per heavy atom. The molecule has 8 heteroatoms. The van der Waals surface area contributed by atoms with Crippen LogP contribution in [0.5, 0.6) is 0 Å². The molecule has 1 aromatic rings. The number of sulfone groups is 1. The number of para-hydroxylation sites is 1. The van der Waals surface area contributed by atoms with Gasteiger partial charge in [-0.1, -0.05) is 31.9 Å². The molecule has 1 aliphatic carbocycles. The van der Waals surface area contributed by atoms with Crippen molar-refractivity contribution in [2.75, 3.05) is 11.9 Å². The quantitative estimate of drug-likeness (QED) is 0.873. The number of benzene rings is 1. The lowest BCUT2D eigenvalue weighted by Gasteiger charge is -2.39. The van der Waals surface area contributed by atoms with Crippen LogP contribution in [0.2, 0.25) is 0 Å². The van der Waals surface area contributed by atoms with E-state index in [-0.39, 0.29) is 12.2 Å². The molecule has 0 bridgehead atoms. The third kappa shape index (κ3) is 3.63. The van der Waals surface area contributed by atoms with E-state index in [1.807, 2.05) is 6.92 Å². The molecule has 1 aliphatic rings. The molecule has 23 heavy (non-hydrogen) atoms. The Morgan fingerprint density at radius 3 is 2.57 bits per heavy atom. The Hall–Kier alpha value is -1.28. The highest BCUT2D eigenvalue weighted by Crippen LogP contribution is 2.38. The van der Waals surface area contributed by atoms with Crippen LogP contribution in [0.4, 0.5) is 18.9 Å². The van der Waals surface area contributed by atoms with Gasteiger partial charge in [0.1, 0.15) is 0 Å². The largest absolute Gasteiger partial charge is 0.501 e. The van der Waals surface area contributed by atoms with E-state index < -0.39 is 31.8 Å². The smallest absolute Gasteiger partial charge is 0.392 e. The van der Waals surface area contributed by atoms with Crippen molar-refractivity contribution in [3.05, 3.63) is 24.3 Å². The first-order chi connectivity index (χ1) is 10.6. The third-order valence-electron chi connectivity index (χ3n) is 4.44. The number of alkyl halides is 3. The van der Waals surface area contributed by atoms with Gasteiger partial charge in [-0.3, -0.25) is 0 Å². The average Bonchev–Trinajstić information content (AvgIpc) is 2.48. The zero-order valence-corrected chi connectivity index (χ0v) is 13.5. The van der Waals surface area contributed by atoms with Crippen molar-refractivity contribution in [1.29, 1.82) is 0 Å². The third-order valence-corrected chi connectivity index (χ3v) is 5.99. The van der Waals surface area contributed by atoms with E-state index in [0.717, 1.165) is 25.3 Å². The molecule has 130 valence electrons. The van der Waals surface area contributed by atoms with Gasteiger partial charge in [0, 0.05) is 12.0 Å². The maximum atomic E-state index is 12.8. The summed E-state index contributed by atoms with van der Waals surface area (Å²) in [6, 6.07) is 4.96. The van der Waals surface area contributed by atoms with Crippen LogP contribution >= 0.6 is 0 Å². The maximum absolute atomic E-state index is 12.8. The standard InChI is InChI=1S/C15H20F3NO3S/c1-14(9-5-4-8-13(14)20)10-19-11-6-2-3-7-12(11)23(21,22)15(16,17)18/h2-3,6-7,13,19-20H,4-5,8-10H2,1H3. The summed E-state index contributed by atoms with van der Waals surface area (Å²) in [6.45, 7) is 2.06. The topological polar surface area (TPSA) is 66.4 Å². The highest BCUT2D eigenvalue weighted by atomic mass is 32.2. The van der Waals surface area contributed by atoms with E-state index in [1.165, 1.54) is 18.2 Å². The van der Waals surface area contributed by atoms with Gasteiger partial charge in [0.2, 0.25) is 0 Å². The fourth-order valence-corrected chi connectivity index (χ4v) is 3.79. The van der Waals surface area contributed by atoms with Crippen molar-refractivity contribution >= 4 is 15.5 Å². The van der Waals surface area contributed by atoms with Crippen molar-refractivity contribution in [2.24, 2.45) is 5.41 Å². The van der Waals surface area contributed by atoms with Crippen LogP contribution in [0.15, 0.2) is 29.2 Å². The minimum atomic E-state index is -5.42. The lowest BCUT2D eigenvalue weighted by molar-refractivity contribution is -0.0435. The molecule has 4 nitrogen and oxygen atoms in total. The number of hydrogen-bond acceptors (Lipinski definition) is 4. The summed E-state index contributed by atoms with van der Waals surface area (Å²) in [7, 11) is -5.42. The monoisotopic (exact) mass is 351 g/mol. The van der Waals surface area contributed by atoms with Crippen LogP contribution in [0.1, 0.15) is 32.6 Å². The molecule has 0 aliphatic heterocycles. The number of hydrogen-bond donors (Lipinski definition) is 2. The van der Waals surface area contributed by atoms with E-state index >= 15 is 0 Å². The van der Waals surface area contributed by atoms with Crippen LogP contribution in [0.3, 0.4) is 0 Å². The Kier molecular flexibility index (Phi) is 4.96. The van der Waals surface area contributed by atoms with Gasteiger partial charge >= 0.3 is 5.51 Å². The number of nitrogens with one attached hydrogen (secondary N) is 1. The molecular formula is C15H20F3NO3S. The van der Waals surface area contributed by atoms with Crippen molar-refractivity contribution in [1.82, 2.24) is 0 Å². The molecule has 2 rings (SSSR count). The number of anilines is 1. The lowest BCUT2D eigenvalue weighted by atomic mass is 9.73. The van der Waals surface area contributed by atoms with Gasteiger partial charge in [0.15, 0.2) is 0 Å². The Bertz CT molecular complexity index is 660. The maximum Gasteiger partial charge on any atom is 0.501 e. The Balaban J connectivity index is 2.25. The van der Waals surface area contributed by atoms with Crippen LogP contribution in [0.25, 0.3) is 0 Å². The Labute approximate surface area is 133 Å². The van der Waals surface area contributed by atoms with Crippen LogP contribution < -0.4 is 5.32 Å². The van der Waals surface area contributed by atoms with Crippen molar-refractivity contribution < 1.29 is 26.7 Å². The summed E-state index contributed by atoms with van der Waals surface area (Å²) in [5.74, 6) is 0. The second-order valence-electron chi connectivity index (χ2n) is 6.21. The summed E-state index contributed by atoms with van der Waals surface area (Å²) in [6.07, 6.45) is 2.65. The summed E-state index contributed by atoms with van der Waals surface area (Å²) in [5.41, 5.74) is -5.93. The molecule has 0 spiro atoms. The molecule has 1 saturated carbocycles. The van der Waals surface area contributed by atoms with Crippen molar-refractivity contribution in [3.63, 3.8) is 0 Å². The number of aliphatic hydroxyl groups excluding tert-OH is 1. The SMILES string of the molecule is CC1(CNc2ccccc2S(=O)(=O)C(F)(F)F)CCCCC1O. The fourth-order valence-electron chi connectivity index (χ4n) is 2.86. The van der Waals surface area contributed by atoms with Crippen molar-refractivity contribution in [2.45, 2.75) is 49.1 Å². The van der Waals surface area contributed by atoms with Gasteiger partial charge in [0.05, 0.1) is 16.7 Å². The predicted octanol–water partition coefficient (Wildman–Crippen LogP) is 3.33. The van der Waals surface area contributed by atoms with Gasteiger partial charge in [-0.25, -0.2) is 8.42 Å². The summed E-state index contributed by atoms with van der Waals surface area (Å²) < 4.78 is 61.6. The second-order valence-corrected chi connectivity index (χ2v) is 8.12. The fraction of sp³-hybridized carbons (Fsp3) is 0.600. The molecule has 2 atom stereocenters. The van der Waals surface area contributed by atoms with E-state index in [9.17, 15) is 26.7 Å². The Morgan fingerprint density at radius 2 is 1.96 bits per heavy atom. The van der Waals surface area contributed by atoms with Gasteiger partial charge in [-0.15, -0.1) is 0 Å². The van der Waals surface area contributed by atoms with Gasteiger partial charge in [0.25, 0.3) is 9.84 Å². The first-order valence-electron chi connectivity index (χ1n) is 7.40. The van der Waals surface area contributed by atoms with E-state index in [2.05, 4.69) is 5.32 Å². The summed E-state index contributed by atoms with van der Waals surface area (Å²) >= 11 is 0. The number of rotatable bonds is 4. The number of aliphatic hydroxyl groups is 1. The molecule has 2 N–H and O–H groups in total. The molecular weight excluding hydrogens is 331 g/mol. The first-order valence-corrected chi connectivity index (χ1v) is 8.88. The minimum Gasteiger partial charge on any atom is -0.392 e. The average molecular weight is 351 g/mol. The van der Waals surface area contributed by atoms with Crippen LogP contribution in [-0.4, -0.2) is 31.7 Å². The highest BCUT2D eigenvalue weighted by Gasteiger charge is 2.48. The molecule has 1 fully saturated rings. The summed E-state index contributed by atoms with van der Waals surface area (Å²) in [5, 5.41) is 12.9. The molecule has 1 aromatic carbocycles. The van der Waals surface area contributed by atoms with Crippen LogP contribution in [-0.2, 0) is 9.84 Å². The van der Waals surface area contributed by atoms with Crippen LogP contribution in [0, 0.1) is 5.41 Å². The predicted molar refractivity (Wildman–Crippen MR) is 80.8 cm³/mol. The van der Waals surface area contributed by atoms with Gasteiger partial charge < -0.3 is 10.4 Å². The summed E-state index contributed by atoms with van der Waals surface area (Å²) in [4.78, 5) is -0.790. The van der Waals surface area contributed by atoms with Gasteiger partial charge in [-0.2, -0.15) is 13.2 Å². The normalized spacial score (nSPS) is 26.0. The zero-order valence-electron chi connectivity index (χ0n) is 12.7. The molecule has 0 aromatic heterocycles. The van der Waals surface area contributed by atoms with E-state index in [4.69, 9.17) is 0 Å². The highest BCUT2D eigenvalue weighted by molar-refractivity contribution is 7.92. The van der Waals surface area contributed by atoms with Crippen molar-refractivity contribution in [3.8, 4) is 0 Å². The number of halogens is 3. The minimum absolute atomic E-state index is 0.0937. The zero-order chi connectivity index (χ0) is 17.3. The lowest BCUT2D eigenvalue weighted by Crippen LogP contribution is -2.41. The molecule has 0 heterocycles. The molecule has 2 unspecified atom stereocenters. The molecule has 0 amide bonds.